The number of nitrogens with two attached hydrogens (primary N) is 1. The van der Waals surface area contributed by atoms with E-state index in [0.29, 0.717) is 6.42 Å². The van der Waals surface area contributed by atoms with Crippen LogP contribution in [0.3, 0.4) is 0 Å². The third kappa shape index (κ3) is 2.79. The molecule has 1 saturated heterocycles. The lowest BCUT2D eigenvalue weighted by Crippen LogP contribution is -2.30. The highest BCUT2D eigenvalue weighted by molar-refractivity contribution is 7.09. The minimum absolute atomic E-state index is 0.197. The van der Waals surface area contributed by atoms with E-state index >= 15 is 0 Å². The van der Waals surface area contributed by atoms with Gasteiger partial charge < -0.3 is 10.6 Å². The highest BCUT2D eigenvalue weighted by Gasteiger charge is 2.20. The Morgan fingerprint density at radius 2 is 2.40 bits per heavy atom. The molecule has 1 aliphatic heterocycles. The van der Waals surface area contributed by atoms with Crippen LogP contribution < -0.4 is 5.73 Å². The van der Waals surface area contributed by atoms with Crippen LogP contribution in [0.25, 0.3) is 0 Å². The highest BCUT2D eigenvalue weighted by Crippen LogP contribution is 2.16. The first kappa shape index (κ1) is 10.6. The Balaban J connectivity index is 1.98. The van der Waals surface area contributed by atoms with Gasteiger partial charge >= 0.3 is 0 Å². The molecule has 1 amide bonds. The summed E-state index contributed by atoms with van der Waals surface area (Å²) in [5, 5.41) is 2.05. The monoisotopic (exact) mass is 224 g/mol. The van der Waals surface area contributed by atoms with Gasteiger partial charge in [0.15, 0.2) is 0 Å². The second-order valence-corrected chi connectivity index (χ2v) is 5.01. The molecule has 82 valence electrons. The molecule has 2 rings (SSSR count). The summed E-state index contributed by atoms with van der Waals surface area (Å²) in [5.74, 6) is 0.247. The standard InChI is InChI=1S/C11H16N2OS/c12-9-3-4-11(14)13(6-5-9)8-10-2-1-7-15-10/h1-2,7,9H,3-6,8,12H2. The number of amides is 1. The van der Waals surface area contributed by atoms with Crippen molar-refractivity contribution >= 4 is 17.2 Å². The van der Waals surface area contributed by atoms with Crippen LogP contribution in [-0.4, -0.2) is 23.4 Å². The first-order valence-electron chi connectivity index (χ1n) is 5.31. The van der Waals surface area contributed by atoms with E-state index in [4.69, 9.17) is 5.73 Å². The number of nitrogens with zero attached hydrogens (tertiary/aromatic N) is 1. The summed E-state index contributed by atoms with van der Waals surface area (Å²) in [6.07, 6.45) is 2.36. The lowest BCUT2D eigenvalue weighted by atomic mass is 10.1. The fourth-order valence-electron chi connectivity index (χ4n) is 1.82. The van der Waals surface area contributed by atoms with E-state index in [1.807, 2.05) is 16.3 Å². The first-order chi connectivity index (χ1) is 7.25. The van der Waals surface area contributed by atoms with Gasteiger partial charge in [-0.3, -0.25) is 4.79 Å². The van der Waals surface area contributed by atoms with E-state index in [9.17, 15) is 4.79 Å². The highest BCUT2D eigenvalue weighted by atomic mass is 32.1. The second kappa shape index (κ2) is 4.77. The Morgan fingerprint density at radius 3 is 3.13 bits per heavy atom. The summed E-state index contributed by atoms with van der Waals surface area (Å²) in [5.41, 5.74) is 5.86. The number of rotatable bonds is 2. The number of hydrogen-bond acceptors (Lipinski definition) is 3. The molecular weight excluding hydrogens is 208 g/mol. The van der Waals surface area contributed by atoms with Crippen LogP contribution in [0.1, 0.15) is 24.1 Å². The molecule has 3 nitrogen and oxygen atoms in total. The van der Waals surface area contributed by atoms with Gasteiger partial charge in [0.1, 0.15) is 0 Å². The van der Waals surface area contributed by atoms with E-state index < -0.39 is 0 Å². The normalized spacial score (nSPS) is 22.9. The molecule has 1 aromatic heterocycles. The third-order valence-corrected chi connectivity index (χ3v) is 3.64. The molecule has 1 fully saturated rings. The Bertz CT molecular complexity index is 323. The molecule has 0 aliphatic carbocycles. The van der Waals surface area contributed by atoms with Crippen molar-refractivity contribution in [1.29, 1.82) is 0 Å². The van der Waals surface area contributed by atoms with Gasteiger partial charge in [-0.25, -0.2) is 0 Å². The molecule has 2 N–H and O–H groups in total. The minimum Gasteiger partial charge on any atom is -0.337 e. The van der Waals surface area contributed by atoms with Gasteiger partial charge in [-0.2, -0.15) is 0 Å². The third-order valence-electron chi connectivity index (χ3n) is 2.78. The van der Waals surface area contributed by atoms with Crippen molar-refractivity contribution in [2.75, 3.05) is 6.54 Å². The fourth-order valence-corrected chi connectivity index (χ4v) is 2.54. The second-order valence-electron chi connectivity index (χ2n) is 3.98. The first-order valence-corrected chi connectivity index (χ1v) is 6.19. The molecule has 0 aromatic carbocycles. The summed E-state index contributed by atoms with van der Waals surface area (Å²) in [6.45, 7) is 1.56. The zero-order chi connectivity index (χ0) is 10.7. The SMILES string of the molecule is NC1CCC(=O)N(Cc2cccs2)CC1. The molecule has 1 aromatic rings. The molecule has 1 atom stereocenters. The molecular formula is C11H16N2OS. The van der Waals surface area contributed by atoms with Crippen LogP contribution >= 0.6 is 11.3 Å². The summed E-state index contributed by atoms with van der Waals surface area (Å²) in [6, 6.07) is 4.29. The number of likely N-dealkylation sites (tertiary alicyclic amines) is 1. The van der Waals surface area contributed by atoms with Crippen molar-refractivity contribution in [2.24, 2.45) is 5.73 Å². The largest absolute Gasteiger partial charge is 0.337 e. The van der Waals surface area contributed by atoms with Gasteiger partial charge in [-0.1, -0.05) is 6.07 Å². The van der Waals surface area contributed by atoms with Crippen LogP contribution in [0, 0.1) is 0 Å². The number of carbonyl (C=O) groups is 1. The average molecular weight is 224 g/mol. The molecule has 1 unspecified atom stereocenters. The Labute approximate surface area is 93.9 Å². The van der Waals surface area contributed by atoms with Crippen LogP contribution in [0.4, 0.5) is 0 Å². The maximum Gasteiger partial charge on any atom is 0.222 e. The summed E-state index contributed by atoms with van der Waals surface area (Å²) < 4.78 is 0. The maximum atomic E-state index is 11.8. The van der Waals surface area contributed by atoms with E-state index in [1.165, 1.54) is 4.88 Å². The molecule has 4 heteroatoms. The van der Waals surface area contributed by atoms with E-state index in [0.717, 1.165) is 25.9 Å². The van der Waals surface area contributed by atoms with Crippen LogP contribution in [0.2, 0.25) is 0 Å². The minimum atomic E-state index is 0.197. The molecule has 0 saturated carbocycles. The maximum absolute atomic E-state index is 11.8. The van der Waals surface area contributed by atoms with Crippen molar-refractivity contribution in [3.05, 3.63) is 22.4 Å². The average Bonchev–Trinajstić information content (AvgIpc) is 2.67. The van der Waals surface area contributed by atoms with Gasteiger partial charge in [0, 0.05) is 23.9 Å². The van der Waals surface area contributed by atoms with Crippen molar-refractivity contribution in [3.8, 4) is 0 Å². The predicted octanol–water partition coefficient (Wildman–Crippen LogP) is 1.59. The van der Waals surface area contributed by atoms with Crippen molar-refractivity contribution in [3.63, 3.8) is 0 Å². The molecule has 2 heterocycles. The van der Waals surface area contributed by atoms with Gasteiger partial charge in [0.05, 0.1) is 6.54 Å². The molecule has 0 radical (unpaired) electrons. The van der Waals surface area contributed by atoms with E-state index in [-0.39, 0.29) is 11.9 Å². The Kier molecular flexibility index (Phi) is 3.38. The quantitative estimate of drug-likeness (QED) is 0.829. The summed E-state index contributed by atoms with van der Waals surface area (Å²) in [4.78, 5) is 14.9. The topological polar surface area (TPSA) is 46.3 Å². The number of thiophene rings is 1. The van der Waals surface area contributed by atoms with Gasteiger partial charge in [0.2, 0.25) is 5.91 Å². The summed E-state index contributed by atoms with van der Waals surface area (Å²) >= 11 is 1.70. The lowest BCUT2D eigenvalue weighted by molar-refractivity contribution is -0.131. The number of carbonyl (C=O) groups excluding carboxylic acids is 1. The lowest BCUT2D eigenvalue weighted by Gasteiger charge is -2.19. The fraction of sp³-hybridized carbons (Fsp3) is 0.545. The van der Waals surface area contributed by atoms with Crippen molar-refractivity contribution in [1.82, 2.24) is 4.90 Å². The van der Waals surface area contributed by atoms with E-state index in [1.54, 1.807) is 11.3 Å². The van der Waals surface area contributed by atoms with Crippen molar-refractivity contribution < 1.29 is 4.79 Å². The predicted molar refractivity (Wildman–Crippen MR) is 61.6 cm³/mol. The van der Waals surface area contributed by atoms with Crippen LogP contribution in [0.15, 0.2) is 17.5 Å². The molecule has 15 heavy (non-hydrogen) atoms. The summed E-state index contributed by atoms with van der Waals surface area (Å²) in [7, 11) is 0. The number of hydrogen-bond donors (Lipinski definition) is 1. The van der Waals surface area contributed by atoms with Gasteiger partial charge in [-0.05, 0) is 24.3 Å². The zero-order valence-corrected chi connectivity index (χ0v) is 9.50. The van der Waals surface area contributed by atoms with Crippen LogP contribution in [-0.2, 0) is 11.3 Å². The molecule has 1 aliphatic rings. The van der Waals surface area contributed by atoms with Crippen molar-refractivity contribution in [2.45, 2.75) is 31.8 Å². The molecule has 0 spiro atoms. The van der Waals surface area contributed by atoms with E-state index in [2.05, 4.69) is 6.07 Å². The molecule has 0 bridgehead atoms. The van der Waals surface area contributed by atoms with Gasteiger partial charge in [-0.15, -0.1) is 11.3 Å². The Hall–Kier alpha value is -0.870. The van der Waals surface area contributed by atoms with Gasteiger partial charge in [0.25, 0.3) is 0 Å². The Morgan fingerprint density at radius 1 is 1.53 bits per heavy atom. The van der Waals surface area contributed by atoms with Crippen LogP contribution in [0.5, 0.6) is 0 Å². The smallest absolute Gasteiger partial charge is 0.222 e. The zero-order valence-electron chi connectivity index (χ0n) is 8.69.